The molecule has 1 aliphatic heterocycles. The standard InChI is InChI=1S/C15H16N2O4/c18-13(8-16-14(19)10-7-11(10)15(20)21)17-6-5-9-3-1-2-4-12(9)17/h1-4,10-11H,5-8H2,(H,16,19)(H,20,21). The van der Waals surface area contributed by atoms with Crippen LogP contribution in [0.2, 0.25) is 0 Å². The minimum absolute atomic E-state index is 0.0873. The van der Waals surface area contributed by atoms with E-state index in [0.717, 1.165) is 17.7 Å². The molecule has 2 aliphatic rings. The second-order valence-corrected chi connectivity index (χ2v) is 5.43. The van der Waals surface area contributed by atoms with Gasteiger partial charge in [-0.1, -0.05) is 18.2 Å². The van der Waals surface area contributed by atoms with Gasteiger partial charge in [0.1, 0.15) is 0 Å². The molecule has 2 amide bonds. The van der Waals surface area contributed by atoms with Gasteiger partial charge in [0.15, 0.2) is 0 Å². The van der Waals surface area contributed by atoms with Gasteiger partial charge in [-0.3, -0.25) is 14.4 Å². The molecule has 21 heavy (non-hydrogen) atoms. The van der Waals surface area contributed by atoms with E-state index < -0.39 is 17.8 Å². The number of amides is 2. The molecule has 2 N–H and O–H groups in total. The highest BCUT2D eigenvalue weighted by atomic mass is 16.4. The van der Waals surface area contributed by atoms with Gasteiger partial charge >= 0.3 is 5.97 Å². The number of anilines is 1. The summed E-state index contributed by atoms with van der Waals surface area (Å²) in [6, 6.07) is 7.70. The predicted octanol–water partition coefficient (Wildman–Crippen LogP) is 0.413. The average molecular weight is 288 g/mol. The molecule has 0 radical (unpaired) electrons. The van der Waals surface area contributed by atoms with Crippen LogP contribution in [0.1, 0.15) is 12.0 Å². The summed E-state index contributed by atoms with van der Waals surface area (Å²) in [5, 5.41) is 11.3. The molecule has 6 nitrogen and oxygen atoms in total. The smallest absolute Gasteiger partial charge is 0.307 e. The second kappa shape index (κ2) is 5.20. The molecule has 3 rings (SSSR count). The first kappa shape index (κ1) is 13.6. The van der Waals surface area contributed by atoms with Crippen LogP contribution in [0.25, 0.3) is 0 Å². The molecule has 1 heterocycles. The predicted molar refractivity (Wildman–Crippen MR) is 74.7 cm³/mol. The Balaban J connectivity index is 1.54. The van der Waals surface area contributed by atoms with Gasteiger partial charge in [-0.2, -0.15) is 0 Å². The zero-order chi connectivity index (χ0) is 15.0. The van der Waals surface area contributed by atoms with E-state index in [1.54, 1.807) is 4.90 Å². The van der Waals surface area contributed by atoms with E-state index in [4.69, 9.17) is 5.11 Å². The van der Waals surface area contributed by atoms with Crippen LogP contribution in [0, 0.1) is 11.8 Å². The molecule has 0 saturated heterocycles. The molecule has 0 spiro atoms. The molecular formula is C15H16N2O4. The average Bonchev–Trinajstić information content (AvgIpc) is 3.17. The number of rotatable bonds is 4. The second-order valence-electron chi connectivity index (χ2n) is 5.43. The summed E-state index contributed by atoms with van der Waals surface area (Å²) in [4.78, 5) is 36.3. The number of carbonyl (C=O) groups excluding carboxylic acids is 2. The molecule has 1 aromatic rings. The van der Waals surface area contributed by atoms with Gasteiger partial charge < -0.3 is 15.3 Å². The first-order valence-electron chi connectivity index (χ1n) is 6.96. The molecule has 1 fully saturated rings. The molecule has 1 aliphatic carbocycles. The Morgan fingerprint density at radius 1 is 1.24 bits per heavy atom. The SMILES string of the molecule is O=C(O)C1CC1C(=O)NCC(=O)N1CCc2ccccc21. The van der Waals surface area contributed by atoms with Crippen LogP contribution in [-0.2, 0) is 20.8 Å². The molecule has 0 aromatic heterocycles. The van der Waals surface area contributed by atoms with Crippen molar-refractivity contribution in [2.45, 2.75) is 12.8 Å². The number of hydrogen-bond acceptors (Lipinski definition) is 3. The lowest BCUT2D eigenvalue weighted by Crippen LogP contribution is -2.40. The third kappa shape index (κ3) is 2.61. The fourth-order valence-corrected chi connectivity index (χ4v) is 2.74. The van der Waals surface area contributed by atoms with E-state index in [2.05, 4.69) is 5.32 Å². The van der Waals surface area contributed by atoms with Crippen LogP contribution in [0.15, 0.2) is 24.3 Å². The quantitative estimate of drug-likeness (QED) is 0.840. The number of fused-ring (bicyclic) bond motifs is 1. The first-order chi connectivity index (χ1) is 10.1. The number of carboxylic acid groups (broad SMARTS) is 1. The van der Waals surface area contributed by atoms with Crippen LogP contribution in [0.3, 0.4) is 0 Å². The van der Waals surface area contributed by atoms with Crippen molar-refractivity contribution in [2.75, 3.05) is 18.0 Å². The summed E-state index contributed by atoms with van der Waals surface area (Å²) in [5.74, 6) is -2.53. The normalized spacial score (nSPS) is 22.6. The fraction of sp³-hybridized carbons (Fsp3) is 0.400. The number of benzene rings is 1. The highest BCUT2D eigenvalue weighted by Gasteiger charge is 2.48. The summed E-state index contributed by atoms with van der Waals surface area (Å²) >= 11 is 0. The van der Waals surface area contributed by atoms with E-state index in [9.17, 15) is 14.4 Å². The summed E-state index contributed by atoms with van der Waals surface area (Å²) in [5.41, 5.74) is 2.02. The summed E-state index contributed by atoms with van der Waals surface area (Å²) < 4.78 is 0. The van der Waals surface area contributed by atoms with Gasteiger partial charge in [-0.15, -0.1) is 0 Å². The minimum atomic E-state index is -0.949. The molecule has 2 atom stereocenters. The van der Waals surface area contributed by atoms with Crippen molar-refractivity contribution in [1.82, 2.24) is 5.32 Å². The Morgan fingerprint density at radius 3 is 2.71 bits per heavy atom. The van der Waals surface area contributed by atoms with Gasteiger partial charge in [-0.25, -0.2) is 0 Å². The third-order valence-electron chi connectivity index (χ3n) is 4.05. The van der Waals surface area contributed by atoms with E-state index in [1.165, 1.54) is 0 Å². The van der Waals surface area contributed by atoms with Gasteiger partial charge in [0.25, 0.3) is 0 Å². The van der Waals surface area contributed by atoms with Crippen molar-refractivity contribution in [2.24, 2.45) is 11.8 Å². The van der Waals surface area contributed by atoms with Crippen LogP contribution in [-0.4, -0.2) is 36.0 Å². The van der Waals surface area contributed by atoms with Gasteiger partial charge in [0.2, 0.25) is 11.8 Å². The van der Waals surface area contributed by atoms with Crippen LogP contribution in [0.4, 0.5) is 5.69 Å². The summed E-state index contributed by atoms with van der Waals surface area (Å²) in [6.45, 7) is 0.533. The lowest BCUT2D eigenvalue weighted by atomic mass is 10.2. The molecule has 1 aromatic carbocycles. The van der Waals surface area contributed by atoms with Crippen molar-refractivity contribution in [1.29, 1.82) is 0 Å². The van der Waals surface area contributed by atoms with Crippen molar-refractivity contribution in [3.05, 3.63) is 29.8 Å². The molecular weight excluding hydrogens is 272 g/mol. The number of nitrogens with zero attached hydrogens (tertiary/aromatic N) is 1. The van der Waals surface area contributed by atoms with Gasteiger partial charge in [0, 0.05) is 12.2 Å². The zero-order valence-corrected chi connectivity index (χ0v) is 11.4. The highest BCUT2D eigenvalue weighted by molar-refractivity contribution is 5.99. The third-order valence-corrected chi connectivity index (χ3v) is 4.05. The van der Waals surface area contributed by atoms with Crippen molar-refractivity contribution in [3.8, 4) is 0 Å². The molecule has 110 valence electrons. The Bertz CT molecular complexity index is 613. The molecule has 6 heteroatoms. The van der Waals surface area contributed by atoms with E-state index in [1.807, 2.05) is 24.3 Å². The number of aliphatic carboxylic acids is 1. The monoisotopic (exact) mass is 288 g/mol. The lowest BCUT2D eigenvalue weighted by molar-refractivity contribution is -0.140. The number of para-hydroxylation sites is 1. The number of carbonyl (C=O) groups is 3. The topological polar surface area (TPSA) is 86.7 Å². The van der Waals surface area contributed by atoms with Gasteiger partial charge in [0.05, 0.1) is 18.4 Å². The van der Waals surface area contributed by atoms with Crippen molar-refractivity contribution < 1.29 is 19.5 Å². The van der Waals surface area contributed by atoms with Crippen LogP contribution in [0.5, 0.6) is 0 Å². The largest absolute Gasteiger partial charge is 0.481 e. The Kier molecular flexibility index (Phi) is 3.37. The summed E-state index contributed by atoms with van der Waals surface area (Å²) in [6.07, 6.45) is 1.18. The summed E-state index contributed by atoms with van der Waals surface area (Å²) in [7, 11) is 0. The van der Waals surface area contributed by atoms with Crippen LogP contribution >= 0.6 is 0 Å². The van der Waals surface area contributed by atoms with Gasteiger partial charge in [-0.05, 0) is 24.5 Å². The molecule has 1 saturated carbocycles. The number of hydrogen-bond donors (Lipinski definition) is 2. The number of carboxylic acids is 1. The minimum Gasteiger partial charge on any atom is -0.481 e. The maximum atomic E-state index is 12.2. The van der Waals surface area contributed by atoms with E-state index in [-0.39, 0.29) is 18.4 Å². The maximum absolute atomic E-state index is 12.2. The van der Waals surface area contributed by atoms with E-state index in [0.29, 0.717) is 13.0 Å². The Hall–Kier alpha value is -2.37. The maximum Gasteiger partial charge on any atom is 0.307 e. The Labute approximate surface area is 121 Å². The van der Waals surface area contributed by atoms with Crippen LogP contribution < -0.4 is 10.2 Å². The van der Waals surface area contributed by atoms with Crippen molar-refractivity contribution >= 4 is 23.5 Å². The molecule has 2 unspecified atom stereocenters. The van der Waals surface area contributed by atoms with E-state index >= 15 is 0 Å². The highest BCUT2D eigenvalue weighted by Crippen LogP contribution is 2.38. The first-order valence-corrected chi connectivity index (χ1v) is 6.96. The molecule has 0 bridgehead atoms. The lowest BCUT2D eigenvalue weighted by Gasteiger charge is -2.17. The number of nitrogens with one attached hydrogen (secondary N) is 1. The van der Waals surface area contributed by atoms with Crippen molar-refractivity contribution in [3.63, 3.8) is 0 Å². The fourth-order valence-electron chi connectivity index (χ4n) is 2.74. The Morgan fingerprint density at radius 2 is 2.00 bits per heavy atom. The zero-order valence-electron chi connectivity index (χ0n) is 11.4.